The zero-order valence-corrected chi connectivity index (χ0v) is 20.7. The van der Waals surface area contributed by atoms with Gasteiger partial charge in [0.1, 0.15) is 17.7 Å². The van der Waals surface area contributed by atoms with Crippen molar-refractivity contribution in [1.82, 2.24) is 10.3 Å². The van der Waals surface area contributed by atoms with Crippen LogP contribution in [0.15, 0.2) is 48.7 Å². The molecule has 0 bridgehead atoms. The van der Waals surface area contributed by atoms with E-state index in [1.807, 2.05) is 24.3 Å². The molecule has 3 unspecified atom stereocenters. The van der Waals surface area contributed by atoms with Crippen LogP contribution in [0.25, 0.3) is 11.1 Å². The van der Waals surface area contributed by atoms with Gasteiger partial charge in [-0.15, -0.1) is 0 Å². The van der Waals surface area contributed by atoms with E-state index in [4.69, 9.17) is 38.4 Å². The third-order valence-corrected chi connectivity index (χ3v) is 6.89. The number of anilines is 1. The van der Waals surface area contributed by atoms with Crippen LogP contribution in [0.1, 0.15) is 38.4 Å². The van der Waals surface area contributed by atoms with Gasteiger partial charge in [-0.25, -0.2) is 9.37 Å². The van der Waals surface area contributed by atoms with Crippen LogP contribution in [-0.2, 0) is 0 Å². The predicted molar refractivity (Wildman–Crippen MR) is 135 cm³/mol. The van der Waals surface area contributed by atoms with E-state index in [2.05, 4.69) is 17.2 Å². The quantitative estimate of drug-likeness (QED) is 0.351. The predicted octanol–water partition coefficient (Wildman–Crippen LogP) is 6.68. The van der Waals surface area contributed by atoms with Crippen molar-refractivity contribution in [2.24, 2.45) is 5.92 Å². The maximum absolute atomic E-state index is 13.9. The van der Waals surface area contributed by atoms with E-state index in [1.54, 1.807) is 19.2 Å². The molecule has 3 atom stereocenters. The molecule has 0 saturated carbocycles. The van der Waals surface area contributed by atoms with E-state index in [-0.39, 0.29) is 16.9 Å². The summed E-state index contributed by atoms with van der Waals surface area (Å²) in [4.78, 5) is 4.27. The van der Waals surface area contributed by atoms with Crippen LogP contribution in [0.5, 0.6) is 11.5 Å². The normalized spacial score (nSPS) is 17.7. The van der Waals surface area contributed by atoms with E-state index >= 15 is 0 Å². The minimum atomic E-state index is -0.637. The Kier molecular flexibility index (Phi) is 7.81. The first-order valence-corrected chi connectivity index (χ1v) is 12.1. The SMILES string of the molecule is CC(Oc1cc(-c2ccc(OC(C)C3CCCNC3)cc2)cnc1N)c1c(Cl)ccc(F)c1Cl. The molecule has 3 N–H and O–H groups in total. The maximum Gasteiger partial charge on any atom is 0.166 e. The number of nitrogens with one attached hydrogen (secondary N) is 1. The fourth-order valence-electron chi connectivity index (χ4n) is 4.19. The molecule has 180 valence electrons. The second-order valence-corrected chi connectivity index (χ2v) is 9.36. The smallest absolute Gasteiger partial charge is 0.166 e. The second-order valence-electron chi connectivity index (χ2n) is 8.58. The molecule has 0 aliphatic carbocycles. The molecule has 1 aliphatic rings. The fraction of sp³-hybridized carbons (Fsp3) is 0.346. The van der Waals surface area contributed by atoms with Crippen molar-refractivity contribution in [2.45, 2.75) is 38.9 Å². The number of piperidine rings is 1. The summed E-state index contributed by atoms with van der Waals surface area (Å²) >= 11 is 12.4. The second kappa shape index (κ2) is 10.8. The van der Waals surface area contributed by atoms with Crippen LogP contribution >= 0.6 is 23.2 Å². The highest BCUT2D eigenvalue weighted by Gasteiger charge is 2.22. The van der Waals surface area contributed by atoms with Gasteiger partial charge in [0, 0.05) is 34.8 Å². The molecule has 4 rings (SSSR count). The number of halogens is 3. The van der Waals surface area contributed by atoms with Crippen molar-refractivity contribution >= 4 is 29.0 Å². The highest BCUT2D eigenvalue weighted by Crippen LogP contribution is 2.37. The Bertz CT molecular complexity index is 1140. The van der Waals surface area contributed by atoms with E-state index in [0.29, 0.717) is 22.3 Å². The first-order valence-electron chi connectivity index (χ1n) is 11.4. The number of ether oxygens (including phenoxy) is 2. The van der Waals surface area contributed by atoms with Gasteiger partial charge in [-0.3, -0.25) is 0 Å². The first kappa shape index (κ1) is 24.6. The first-order chi connectivity index (χ1) is 16.3. The lowest BCUT2D eigenvalue weighted by atomic mass is 9.94. The van der Waals surface area contributed by atoms with Crippen molar-refractivity contribution in [3.8, 4) is 22.6 Å². The molecule has 3 aromatic rings. The Balaban J connectivity index is 1.49. The van der Waals surface area contributed by atoms with Crippen LogP contribution in [0.2, 0.25) is 10.0 Å². The average molecular weight is 504 g/mol. The maximum atomic E-state index is 13.9. The number of aromatic nitrogens is 1. The van der Waals surface area contributed by atoms with Crippen molar-refractivity contribution in [1.29, 1.82) is 0 Å². The third kappa shape index (κ3) is 5.57. The number of rotatable bonds is 7. The van der Waals surface area contributed by atoms with Crippen molar-refractivity contribution in [3.63, 3.8) is 0 Å². The minimum Gasteiger partial charge on any atom is -0.490 e. The summed E-state index contributed by atoms with van der Waals surface area (Å²) in [6.07, 6.45) is 3.54. The summed E-state index contributed by atoms with van der Waals surface area (Å²) in [7, 11) is 0. The number of nitrogen functional groups attached to an aromatic ring is 1. The highest BCUT2D eigenvalue weighted by molar-refractivity contribution is 6.36. The molecule has 1 saturated heterocycles. The molecule has 2 aromatic carbocycles. The van der Waals surface area contributed by atoms with Crippen molar-refractivity contribution in [3.05, 3.63) is 70.1 Å². The van der Waals surface area contributed by atoms with Gasteiger partial charge >= 0.3 is 0 Å². The van der Waals surface area contributed by atoms with Crippen LogP contribution in [-0.4, -0.2) is 24.2 Å². The Morgan fingerprint density at radius 2 is 1.85 bits per heavy atom. The number of nitrogens with two attached hydrogens (primary N) is 1. The molecular formula is C26H28Cl2FN3O2. The van der Waals surface area contributed by atoms with Crippen LogP contribution < -0.4 is 20.5 Å². The number of nitrogens with zero attached hydrogens (tertiary/aromatic N) is 1. The Labute approximate surface area is 209 Å². The van der Waals surface area contributed by atoms with Gasteiger partial charge < -0.3 is 20.5 Å². The molecular weight excluding hydrogens is 476 g/mol. The van der Waals surface area contributed by atoms with E-state index in [1.165, 1.54) is 25.0 Å². The molecule has 2 heterocycles. The molecule has 1 aliphatic heterocycles. The van der Waals surface area contributed by atoms with Gasteiger partial charge in [-0.2, -0.15) is 0 Å². The summed E-state index contributed by atoms with van der Waals surface area (Å²) in [6, 6.07) is 12.3. The highest BCUT2D eigenvalue weighted by atomic mass is 35.5. The Hall–Kier alpha value is -2.54. The number of benzene rings is 2. The molecule has 8 heteroatoms. The van der Waals surface area contributed by atoms with Gasteiger partial charge in [0.2, 0.25) is 0 Å². The Morgan fingerprint density at radius 3 is 2.56 bits per heavy atom. The van der Waals surface area contributed by atoms with Crippen LogP contribution in [0.4, 0.5) is 10.2 Å². The summed E-state index contributed by atoms with van der Waals surface area (Å²) in [6.45, 7) is 5.93. The lowest BCUT2D eigenvalue weighted by Crippen LogP contribution is -2.37. The zero-order valence-electron chi connectivity index (χ0n) is 19.2. The summed E-state index contributed by atoms with van der Waals surface area (Å²) in [5.74, 6) is 1.35. The topological polar surface area (TPSA) is 69.4 Å². The van der Waals surface area contributed by atoms with E-state index in [9.17, 15) is 4.39 Å². The standard InChI is InChI=1S/C26H28Cl2FN3O2/c1-15(18-4-3-11-31-13-18)33-20-7-5-17(6-8-20)19-12-23(26(30)32-14-19)34-16(2)24-21(27)9-10-22(29)25(24)28/h5-10,12,14-16,18,31H,3-4,11,13H2,1-2H3,(H2,30,32). The van der Waals surface area contributed by atoms with Crippen LogP contribution in [0.3, 0.4) is 0 Å². The summed E-state index contributed by atoms with van der Waals surface area (Å²) < 4.78 is 26.1. The lowest BCUT2D eigenvalue weighted by molar-refractivity contribution is 0.131. The average Bonchev–Trinajstić information content (AvgIpc) is 2.84. The fourth-order valence-corrected chi connectivity index (χ4v) is 4.87. The largest absolute Gasteiger partial charge is 0.490 e. The Morgan fingerprint density at radius 1 is 1.09 bits per heavy atom. The monoisotopic (exact) mass is 503 g/mol. The molecule has 1 fully saturated rings. The van der Waals surface area contributed by atoms with Gasteiger partial charge in [-0.05, 0) is 69.1 Å². The molecule has 1 aromatic heterocycles. The van der Waals surface area contributed by atoms with Gasteiger partial charge in [-0.1, -0.05) is 35.3 Å². The molecule has 0 spiro atoms. The number of pyridine rings is 1. The molecule has 0 radical (unpaired) electrons. The number of hydrogen-bond donors (Lipinski definition) is 2. The molecule has 5 nitrogen and oxygen atoms in total. The number of hydrogen-bond acceptors (Lipinski definition) is 5. The van der Waals surface area contributed by atoms with E-state index in [0.717, 1.165) is 30.0 Å². The molecule has 34 heavy (non-hydrogen) atoms. The minimum absolute atomic E-state index is 0.0727. The van der Waals surface area contributed by atoms with Crippen LogP contribution in [0, 0.1) is 11.7 Å². The third-order valence-electron chi connectivity index (χ3n) is 6.18. The van der Waals surface area contributed by atoms with Gasteiger partial charge in [0.25, 0.3) is 0 Å². The summed E-state index contributed by atoms with van der Waals surface area (Å²) in [5.41, 5.74) is 8.17. The summed E-state index contributed by atoms with van der Waals surface area (Å²) in [5, 5.41) is 3.67. The van der Waals surface area contributed by atoms with Gasteiger partial charge in [0.15, 0.2) is 11.6 Å². The van der Waals surface area contributed by atoms with E-state index < -0.39 is 11.9 Å². The zero-order chi connectivity index (χ0) is 24.2. The van der Waals surface area contributed by atoms with Gasteiger partial charge in [0.05, 0.1) is 11.1 Å². The lowest BCUT2D eigenvalue weighted by Gasteiger charge is -2.28. The van der Waals surface area contributed by atoms with Crippen molar-refractivity contribution in [2.75, 3.05) is 18.8 Å². The van der Waals surface area contributed by atoms with Crippen molar-refractivity contribution < 1.29 is 13.9 Å². The molecule has 0 amide bonds.